The predicted octanol–water partition coefficient (Wildman–Crippen LogP) is 3.92. The Balaban J connectivity index is 2.68. The number of hydrogen-bond acceptors (Lipinski definition) is 2. The molecule has 0 aromatic heterocycles. The minimum atomic E-state index is 0.665. The zero-order chi connectivity index (χ0) is 13.4. The summed E-state index contributed by atoms with van der Waals surface area (Å²) in [6, 6.07) is 6.44. The van der Waals surface area contributed by atoms with Gasteiger partial charge in [-0.3, -0.25) is 0 Å². The van der Waals surface area contributed by atoms with Gasteiger partial charge in [0.25, 0.3) is 0 Å². The summed E-state index contributed by atoms with van der Waals surface area (Å²) < 4.78 is 5.99. The molecule has 0 aliphatic rings. The van der Waals surface area contributed by atoms with Crippen molar-refractivity contribution in [3.8, 4) is 5.75 Å². The highest BCUT2D eigenvalue weighted by Gasteiger charge is 2.08. The van der Waals surface area contributed by atoms with Gasteiger partial charge in [-0.05, 0) is 25.5 Å². The first-order valence-corrected chi connectivity index (χ1v) is 7.14. The molecule has 102 valence electrons. The number of ether oxygens (including phenoxy) is 1. The van der Waals surface area contributed by atoms with Gasteiger partial charge in [0.2, 0.25) is 0 Å². The molecule has 0 aliphatic heterocycles. The van der Waals surface area contributed by atoms with Crippen LogP contribution < -0.4 is 10.1 Å². The van der Waals surface area contributed by atoms with Gasteiger partial charge >= 0.3 is 0 Å². The first-order chi connectivity index (χ1) is 8.71. The first-order valence-electron chi connectivity index (χ1n) is 7.14. The number of benzene rings is 1. The number of hydrogen-bond donors (Lipinski definition) is 1. The van der Waals surface area contributed by atoms with Gasteiger partial charge in [0.1, 0.15) is 5.75 Å². The Morgan fingerprint density at radius 1 is 1.17 bits per heavy atom. The molecule has 0 saturated heterocycles. The molecule has 1 N–H and O–H groups in total. The molecule has 18 heavy (non-hydrogen) atoms. The second-order valence-corrected chi connectivity index (χ2v) is 4.89. The summed E-state index contributed by atoms with van der Waals surface area (Å²) in [6.07, 6.45) is 2.37. The van der Waals surface area contributed by atoms with Crippen LogP contribution in [-0.4, -0.2) is 13.2 Å². The zero-order valence-electron chi connectivity index (χ0n) is 12.3. The summed E-state index contributed by atoms with van der Waals surface area (Å²) in [5.41, 5.74) is 2.56. The third kappa shape index (κ3) is 4.69. The van der Waals surface area contributed by atoms with Crippen LogP contribution in [0.1, 0.15) is 44.7 Å². The maximum atomic E-state index is 5.99. The molecule has 0 spiro atoms. The van der Waals surface area contributed by atoms with Gasteiger partial charge in [0, 0.05) is 12.1 Å². The lowest BCUT2D eigenvalue weighted by Gasteiger charge is -2.17. The largest absolute Gasteiger partial charge is 0.493 e. The minimum absolute atomic E-state index is 0.665. The normalized spacial score (nSPS) is 10.9. The van der Waals surface area contributed by atoms with E-state index in [0.717, 1.165) is 25.4 Å². The maximum Gasteiger partial charge on any atom is 0.123 e. The maximum absolute atomic E-state index is 5.99. The van der Waals surface area contributed by atoms with Crippen molar-refractivity contribution in [3.05, 3.63) is 29.3 Å². The predicted molar refractivity (Wildman–Crippen MR) is 78.1 cm³/mol. The lowest BCUT2D eigenvalue weighted by molar-refractivity contribution is 0.238. The van der Waals surface area contributed by atoms with Crippen LogP contribution in [0.15, 0.2) is 18.2 Å². The van der Waals surface area contributed by atoms with Crippen molar-refractivity contribution in [2.75, 3.05) is 13.2 Å². The lowest BCUT2D eigenvalue weighted by atomic mass is 10.1. The van der Waals surface area contributed by atoms with Crippen molar-refractivity contribution in [1.29, 1.82) is 0 Å². The van der Waals surface area contributed by atoms with Gasteiger partial charge in [0.05, 0.1) is 6.61 Å². The average Bonchev–Trinajstić information content (AvgIpc) is 2.39. The fourth-order valence-corrected chi connectivity index (χ4v) is 1.98. The van der Waals surface area contributed by atoms with Crippen LogP contribution in [0, 0.1) is 12.8 Å². The third-order valence-corrected chi connectivity index (χ3v) is 3.41. The van der Waals surface area contributed by atoms with E-state index in [1.807, 2.05) is 0 Å². The Hall–Kier alpha value is -1.02. The van der Waals surface area contributed by atoms with E-state index in [1.54, 1.807) is 0 Å². The summed E-state index contributed by atoms with van der Waals surface area (Å²) in [7, 11) is 0. The van der Waals surface area contributed by atoms with Crippen molar-refractivity contribution in [2.45, 2.75) is 47.1 Å². The van der Waals surface area contributed by atoms with Crippen LogP contribution in [0.3, 0.4) is 0 Å². The molecule has 0 saturated carbocycles. The molecule has 0 unspecified atom stereocenters. The number of aryl methyl sites for hydroxylation is 1. The van der Waals surface area contributed by atoms with Crippen LogP contribution in [0.4, 0.5) is 0 Å². The van der Waals surface area contributed by atoms with E-state index in [2.05, 4.69) is 51.2 Å². The van der Waals surface area contributed by atoms with Crippen LogP contribution >= 0.6 is 0 Å². The second-order valence-electron chi connectivity index (χ2n) is 4.89. The van der Waals surface area contributed by atoms with Crippen molar-refractivity contribution < 1.29 is 4.74 Å². The SMILES string of the molecule is CCNCc1cc(C)ccc1OCC(CC)CC. The van der Waals surface area contributed by atoms with E-state index >= 15 is 0 Å². The quantitative estimate of drug-likeness (QED) is 0.754. The molecule has 0 atom stereocenters. The molecule has 2 heteroatoms. The Morgan fingerprint density at radius 3 is 2.50 bits per heavy atom. The molecule has 0 heterocycles. The van der Waals surface area contributed by atoms with E-state index in [-0.39, 0.29) is 0 Å². The van der Waals surface area contributed by atoms with E-state index in [0.29, 0.717) is 5.92 Å². The molecule has 0 aliphatic carbocycles. The first kappa shape index (κ1) is 15.0. The fraction of sp³-hybridized carbons (Fsp3) is 0.625. The molecular weight excluding hydrogens is 222 g/mol. The molecule has 2 nitrogen and oxygen atoms in total. The summed E-state index contributed by atoms with van der Waals surface area (Å²) in [4.78, 5) is 0. The molecule has 0 fully saturated rings. The zero-order valence-corrected chi connectivity index (χ0v) is 12.3. The van der Waals surface area contributed by atoms with Crippen LogP contribution in [0.5, 0.6) is 5.75 Å². The van der Waals surface area contributed by atoms with E-state index in [9.17, 15) is 0 Å². The molecule has 0 bridgehead atoms. The van der Waals surface area contributed by atoms with Gasteiger partial charge in [-0.2, -0.15) is 0 Å². The summed E-state index contributed by atoms with van der Waals surface area (Å²) in [5.74, 6) is 1.70. The highest BCUT2D eigenvalue weighted by atomic mass is 16.5. The molecule has 1 aromatic rings. The third-order valence-electron chi connectivity index (χ3n) is 3.41. The van der Waals surface area contributed by atoms with Crippen LogP contribution in [-0.2, 0) is 6.54 Å². The summed E-state index contributed by atoms with van der Waals surface area (Å²) in [5, 5.41) is 3.37. The molecule has 1 rings (SSSR count). The Kier molecular flexibility index (Phi) is 6.81. The summed E-state index contributed by atoms with van der Waals surface area (Å²) in [6.45, 7) is 11.4. The molecule has 0 amide bonds. The van der Waals surface area contributed by atoms with Crippen molar-refractivity contribution in [1.82, 2.24) is 5.32 Å². The van der Waals surface area contributed by atoms with Gasteiger partial charge < -0.3 is 10.1 Å². The Labute approximate surface area is 112 Å². The van der Waals surface area contributed by atoms with Gasteiger partial charge in [-0.25, -0.2) is 0 Å². The monoisotopic (exact) mass is 249 g/mol. The van der Waals surface area contributed by atoms with Crippen molar-refractivity contribution >= 4 is 0 Å². The van der Waals surface area contributed by atoms with Crippen LogP contribution in [0.2, 0.25) is 0 Å². The highest BCUT2D eigenvalue weighted by Crippen LogP contribution is 2.21. The van der Waals surface area contributed by atoms with E-state index in [1.165, 1.54) is 24.0 Å². The smallest absolute Gasteiger partial charge is 0.123 e. The Bertz CT molecular complexity index is 345. The standard InChI is InChI=1S/C16H27NO/c1-5-14(6-2)12-18-16-9-8-13(4)10-15(16)11-17-7-3/h8-10,14,17H,5-7,11-12H2,1-4H3. The molecular formula is C16H27NO. The minimum Gasteiger partial charge on any atom is -0.493 e. The van der Waals surface area contributed by atoms with E-state index < -0.39 is 0 Å². The lowest BCUT2D eigenvalue weighted by Crippen LogP contribution is -2.15. The van der Waals surface area contributed by atoms with Crippen molar-refractivity contribution in [2.24, 2.45) is 5.92 Å². The Morgan fingerprint density at radius 2 is 1.89 bits per heavy atom. The number of nitrogens with one attached hydrogen (secondary N) is 1. The number of rotatable bonds is 8. The molecule has 0 radical (unpaired) electrons. The van der Waals surface area contributed by atoms with E-state index in [4.69, 9.17) is 4.74 Å². The van der Waals surface area contributed by atoms with Crippen LogP contribution in [0.25, 0.3) is 0 Å². The van der Waals surface area contributed by atoms with Gasteiger partial charge in [-0.1, -0.05) is 51.3 Å². The fourth-order valence-electron chi connectivity index (χ4n) is 1.98. The second kappa shape index (κ2) is 8.15. The molecule has 1 aromatic carbocycles. The van der Waals surface area contributed by atoms with Gasteiger partial charge in [0.15, 0.2) is 0 Å². The topological polar surface area (TPSA) is 21.3 Å². The summed E-state index contributed by atoms with van der Waals surface area (Å²) >= 11 is 0. The van der Waals surface area contributed by atoms with Gasteiger partial charge in [-0.15, -0.1) is 0 Å². The highest BCUT2D eigenvalue weighted by molar-refractivity contribution is 5.36. The average molecular weight is 249 g/mol. The van der Waals surface area contributed by atoms with Crippen molar-refractivity contribution in [3.63, 3.8) is 0 Å².